The number of hydrogen-bond donors (Lipinski definition) is 1. The molecule has 1 rings (SSSR count). The van der Waals surface area contributed by atoms with E-state index in [1.165, 1.54) is 0 Å². The van der Waals surface area contributed by atoms with Crippen LogP contribution < -0.4 is 5.56 Å². The summed E-state index contributed by atoms with van der Waals surface area (Å²) in [7, 11) is 1.61. The Hall–Kier alpha value is -1.03. The van der Waals surface area contributed by atoms with Crippen LogP contribution in [0.15, 0.2) is 10.9 Å². The number of rotatable bonds is 4. The Morgan fingerprint density at radius 1 is 1.69 bits per heavy atom. The van der Waals surface area contributed by atoms with Gasteiger partial charge >= 0.3 is 0 Å². The first kappa shape index (κ1) is 10.1. The molecule has 1 aromatic rings. The van der Waals surface area contributed by atoms with Crippen molar-refractivity contribution in [3.8, 4) is 0 Å². The molecule has 0 saturated carbocycles. The van der Waals surface area contributed by atoms with Gasteiger partial charge in [-0.05, 0) is 13.3 Å². The van der Waals surface area contributed by atoms with E-state index in [1.54, 1.807) is 17.9 Å². The van der Waals surface area contributed by atoms with E-state index in [9.17, 15) is 4.79 Å². The van der Waals surface area contributed by atoms with E-state index in [-0.39, 0.29) is 11.6 Å². The molecule has 13 heavy (non-hydrogen) atoms. The fourth-order valence-corrected chi connectivity index (χ4v) is 1.20. The highest BCUT2D eigenvalue weighted by Crippen LogP contribution is 2.05. The van der Waals surface area contributed by atoms with Gasteiger partial charge in [-0.1, -0.05) is 6.92 Å². The van der Waals surface area contributed by atoms with Crippen LogP contribution in [0.1, 0.15) is 32.0 Å². The molecule has 0 aliphatic heterocycles. The summed E-state index contributed by atoms with van der Waals surface area (Å²) in [5, 5.41) is 3.01. The van der Waals surface area contributed by atoms with Crippen molar-refractivity contribution in [3.05, 3.63) is 22.1 Å². The lowest BCUT2D eigenvalue weighted by atomic mass is 10.3. The molecule has 0 radical (unpaired) electrons. The normalized spacial score (nSPS) is 13.2. The summed E-state index contributed by atoms with van der Waals surface area (Å²) in [5.74, 6) is 0. The maximum Gasteiger partial charge on any atom is 0.267 e. The third-order valence-corrected chi connectivity index (χ3v) is 2.13. The molecule has 1 atom stereocenters. The minimum Gasteiger partial charge on any atom is -0.378 e. The van der Waals surface area contributed by atoms with Crippen LogP contribution in [-0.2, 0) is 11.3 Å². The Balaban J connectivity index is 2.89. The molecule has 0 amide bonds. The standard InChI is InChI=1S/C9H16N2O2/c1-4-7(2)11-9(12)5-8(10-11)6-13-3/h5,7,10H,4,6H2,1-3H3. The highest BCUT2D eigenvalue weighted by molar-refractivity contribution is 4.98. The van der Waals surface area contributed by atoms with Crippen molar-refractivity contribution in [2.45, 2.75) is 32.9 Å². The van der Waals surface area contributed by atoms with Gasteiger partial charge in [0.05, 0.1) is 18.3 Å². The van der Waals surface area contributed by atoms with Gasteiger partial charge in [-0.15, -0.1) is 0 Å². The molecular formula is C9H16N2O2. The Morgan fingerprint density at radius 3 is 2.92 bits per heavy atom. The average Bonchev–Trinajstić information content (AvgIpc) is 2.46. The first-order valence-electron chi connectivity index (χ1n) is 4.48. The van der Waals surface area contributed by atoms with Crippen molar-refractivity contribution >= 4 is 0 Å². The summed E-state index contributed by atoms with van der Waals surface area (Å²) in [4.78, 5) is 11.4. The molecule has 74 valence electrons. The number of H-pyrrole nitrogens is 1. The minimum atomic E-state index is 0.0152. The quantitative estimate of drug-likeness (QED) is 0.766. The molecule has 0 spiro atoms. The highest BCUT2D eigenvalue weighted by atomic mass is 16.5. The predicted molar refractivity (Wildman–Crippen MR) is 50.8 cm³/mol. The van der Waals surface area contributed by atoms with Crippen LogP contribution in [0.3, 0.4) is 0 Å². The van der Waals surface area contributed by atoms with Gasteiger partial charge in [-0.2, -0.15) is 0 Å². The topological polar surface area (TPSA) is 47.0 Å². The number of ether oxygens (including phenoxy) is 1. The summed E-state index contributed by atoms with van der Waals surface area (Å²) < 4.78 is 6.56. The molecular weight excluding hydrogens is 168 g/mol. The van der Waals surface area contributed by atoms with Gasteiger partial charge in [0.15, 0.2) is 0 Å². The monoisotopic (exact) mass is 184 g/mol. The number of methoxy groups -OCH3 is 1. The third-order valence-electron chi connectivity index (χ3n) is 2.13. The van der Waals surface area contributed by atoms with Crippen LogP contribution in [0, 0.1) is 0 Å². The molecule has 1 heterocycles. The van der Waals surface area contributed by atoms with Crippen molar-refractivity contribution in [2.24, 2.45) is 0 Å². The lowest BCUT2D eigenvalue weighted by molar-refractivity contribution is 0.180. The smallest absolute Gasteiger partial charge is 0.267 e. The summed E-state index contributed by atoms with van der Waals surface area (Å²) in [6.07, 6.45) is 0.937. The van der Waals surface area contributed by atoms with Crippen molar-refractivity contribution in [3.63, 3.8) is 0 Å². The zero-order chi connectivity index (χ0) is 9.84. The number of hydrogen-bond acceptors (Lipinski definition) is 2. The van der Waals surface area contributed by atoms with E-state index in [1.807, 2.05) is 13.8 Å². The first-order valence-corrected chi connectivity index (χ1v) is 4.48. The van der Waals surface area contributed by atoms with Crippen molar-refractivity contribution in [1.82, 2.24) is 9.78 Å². The Labute approximate surface area is 77.5 Å². The maximum atomic E-state index is 11.4. The zero-order valence-electron chi connectivity index (χ0n) is 8.33. The predicted octanol–water partition coefficient (Wildman–Crippen LogP) is 1.29. The van der Waals surface area contributed by atoms with Crippen molar-refractivity contribution in [1.29, 1.82) is 0 Å². The van der Waals surface area contributed by atoms with Gasteiger partial charge in [-0.25, -0.2) is 0 Å². The van der Waals surface area contributed by atoms with E-state index in [2.05, 4.69) is 5.10 Å². The van der Waals surface area contributed by atoms with Gasteiger partial charge in [0.25, 0.3) is 5.56 Å². The number of aromatic nitrogens is 2. The Morgan fingerprint density at radius 2 is 2.38 bits per heavy atom. The van der Waals surface area contributed by atoms with Crippen molar-refractivity contribution in [2.75, 3.05) is 7.11 Å². The Bertz CT molecular complexity index is 314. The van der Waals surface area contributed by atoms with Gasteiger partial charge < -0.3 is 4.74 Å². The molecule has 1 unspecified atom stereocenters. The fraction of sp³-hybridized carbons (Fsp3) is 0.667. The zero-order valence-corrected chi connectivity index (χ0v) is 8.33. The molecule has 1 aromatic heterocycles. The van der Waals surface area contributed by atoms with Crippen LogP contribution in [0.4, 0.5) is 0 Å². The number of aromatic amines is 1. The molecule has 1 N–H and O–H groups in total. The minimum absolute atomic E-state index is 0.0152. The summed E-state index contributed by atoms with van der Waals surface area (Å²) in [6, 6.07) is 1.80. The Kier molecular flexibility index (Phi) is 3.31. The van der Waals surface area contributed by atoms with E-state index < -0.39 is 0 Å². The number of nitrogens with one attached hydrogen (secondary N) is 1. The maximum absolute atomic E-state index is 11.4. The van der Waals surface area contributed by atoms with Gasteiger partial charge in [0.1, 0.15) is 0 Å². The fourth-order valence-electron chi connectivity index (χ4n) is 1.20. The van der Waals surface area contributed by atoms with E-state index in [4.69, 9.17) is 4.74 Å². The summed E-state index contributed by atoms with van der Waals surface area (Å²) in [6.45, 7) is 4.51. The van der Waals surface area contributed by atoms with Crippen LogP contribution in [0.25, 0.3) is 0 Å². The van der Waals surface area contributed by atoms with Crippen LogP contribution in [0.5, 0.6) is 0 Å². The second kappa shape index (κ2) is 4.28. The lowest BCUT2D eigenvalue weighted by Crippen LogP contribution is -2.19. The van der Waals surface area contributed by atoms with E-state index in [0.717, 1.165) is 12.1 Å². The second-order valence-electron chi connectivity index (χ2n) is 3.18. The second-order valence-corrected chi connectivity index (χ2v) is 3.18. The largest absolute Gasteiger partial charge is 0.378 e. The van der Waals surface area contributed by atoms with Gasteiger partial charge in [-0.3, -0.25) is 14.6 Å². The van der Waals surface area contributed by atoms with Gasteiger partial charge in [0, 0.05) is 13.2 Å². The molecule has 0 aliphatic carbocycles. The lowest BCUT2D eigenvalue weighted by Gasteiger charge is -2.08. The number of nitrogens with zero attached hydrogens (tertiary/aromatic N) is 1. The van der Waals surface area contributed by atoms with E-state index in [0.29, 0.717) is 6.61 Å². The van der Waals surface area contributed by atoms with Crippen LogP contribution in [0.2, 0.25) is 0 Å². The molecule has 0 saturated heterocycles. The third kappa shape index (κ3) is 2.21. The molecule has 4 nitrogen and oxygen atoms in total. The van der Waals surface area contributed by atoms with Crippen LogP contribution >= 0.6 is 0 Å². The summed E-state index contributed by atoms with van der Waals surface area (Å²) >= 11 is 0. The molecule has 0 aliphatic rings. The van der Waals surface area contributed by atoms with Gasteiger partial charge in [0.2, 0.25) is 0 Å². The van der Waals surface area contributed by atoms with E-state index >= 15 is 0 Å². The SMILES string of the molecule is CCC(C)n1[nH]c(COC)cc1=O. The molecule has 0 fully saturated rings. The highest BCUT2D eigenvalue weighted by Gasteiger charge is 2.07. The average molecular weight is 184 g/mol. The molecule has 0 aromatic carbocycles. The van der Waals surface area contributed by atoms with Crippen LogP contribution in [-0.4, -0.2) is 16.9 Å². The first-order chi connectivity index (χ1) is 6.19. The summed E-state index contributed by atoms with van der Waals surface area (Å²) in [5.41, 5.74) is 0.842. The molecule has 4 heteroatoms. The van der Waals surface area contributed by atoms with Crippen molar-refractivity contribution < 1.29 is 4.74 Å². The molecule has 0 bridgehead atoms.